The van der Waals surface area contributed by atoms with Gasteiger partial charge in [0.25, 0.3) is 0 Å². The highest BCUT2D eigenvalue weighted by Crippen LogP contribution is 2.39. The quantitative estimate of drug-likeness (QED) is 0.786. The van der Waals surface area contributed by atoms with Crippen molar-refractivity contribution in [2.24, 2.45) is 5.92 Å². The fraction of sp³-hybridized carbons (Fsp3) is 0.706. The lowest BCUT2D eigenvalue weighted by molar-refractivity contribution is 0.00578. The van der Waals surface area contributed by atoms with Gasteiger partial charge >= 0.3 is 7.12 Å². The molecule has 2 aliphatic rings. The van der Waals surface area contributed by atoms with Crippen LogP contribution >= 0.6 is 0 Å². The average molecular weight is 320 g/mol. The fourth-order valence-corrected chi connectivity index (χ4v) is 3.19. The molecule has 0 bridgehead atoms. The molecule has 3 rings (SSSR count). The molecule has 0 aromatic carbocycles. The fourth-order valence-electron chi connectivity index (χ4n) is 3.19. The van der Waals surface area contributed by atoms with Crippen LogP contribution in [-0.4, -0.2) is 28.1 Å². The van der Waals surface area contributed by atoms with Crippen molar-refractivity contribution < 1.29 is 13.7 Å². The molecule has 0 spiro atoms. The average Bonchev–Trinajstić information content (AvgIpc) is 3.13. The molecular weight excluding hydrogens is 294 g/mol. The Labute approximate surface area is 138 Å². The first kappa shape index (κ1) is 16.7. The van der Waals surface area contributed by atoms with Crippen LogP contribution < -0.4 is 0 Å². The van der Waals surface area contributed by atoms with Gasteiger partial charge in [0.1, 0.15) is 5.73 Å². The van der Waals surface area contributed by atoms with E-state index in [0.717, 1.165) is 12.1 Å². The Morgan fingerprint density at radius 2 is 1.91 bits per heavy atom. The molecule has 0 atom stereocenters. The molecule has 2 fully saturated rings. The van der Waals surface area contributed by atoms with Crippen molar-refractivity contribution in [1.82, 2.24) is 9.78 Å². The topological polar surface area (TPSA) is 36.3 Å². The summed E-state index contributed by atoms with van der Waals surface area (Å²) in [5.74, 6) is 0.708. The summed E-state index contributed by atoms with van der Waals surface area (Å²) in [6.45, 7) is 8.59. The highest BCUT2D eigenvalue weighted by Gasteiger charge is 2.53. The molecule has 126 valence electrons. The van der Waals surface area contributed by atoms with Crippen molar-refractivity contribution >= 4 is 13.2 Å². The molecule has 2 heterocycles. The molecule has 1 saturated carbocycles. The molecular formula is C17H26BFN2O2. The van der Waals surface area contributed by atoms with Crippen molar-refractivity contribution in [2.45, 2.75) is 71.1 Å². The second-order valence-corrected chi connectivity index (χ2v) is 7.76. The monoisotopic (exact) mass is 320 g/mol. The van der Waals surface area contributed by atoms with Gasteiger partial charge in [-0.3, -0.25) is 4.68 Å². The third-order valence-corrected chi connectivity index (χ3v) is 5.36. The first-order valence-electron chi connectivity index (χ1n) is 8.52. The number of rotatable bonds is 4. The summed E-state index contributed by atoms with van der Waals surface area (Å²) >= 11 is 0. The smallest absolute Gasteiger partial charge is 0.398 e. The Morgan fingerprint density at radius 3 is 2.52 bits per heavy atom. The molecule has 1 aromatic heterocycles. The summed E-state index contributed by atoms with van der Waals surface area (Å²) in [6, 6.07) is 0. The van der Waals surface area contributed by atoms with Gasteiger partial charge in [0.05, 0.1) is 17.4 Å². The molecule has 4 nitrogen and oxygen atoms in total. The third-order valence-electron chi connectivity index (χ3n) is 5.36. The predicted molar refractivity (Wildman–Crippen MR) is 89.4 cm³/mol. The number of nitrogens with zero attached hydrogens (tertiary/aromatic N) is 2. The van der Waals surface area contributed by atoms with Crippen LogP contribution in [0.3, 0.4) is 0 Å². The summed E-state index contributed by atoms with van der Waals surface area (Å²) in [6.07, 6.45) is 10.2. The van der Waals surface area contributed by atoms with Crippen LogP contribution in [0.2, 0.25) is 0 Å². The maximum absolute atomic E-state index is 14.5. The van der Waals surface area contributed by atoms with Crippen molar-refractivity contribution in [3.63, 3.8) is 0 Å². The minimum absolute atomic E-state index is 0.413. The van der Waals surface area contributed by atoms with Gasteiger partial charge in [0, 0.05) is 18.3 Å². The SMILES string of the molecule is CC1(C)OB(C(F)=Cc2cnn(CC3CCCC3)c2)OC1(C)C. The molecule has 23 heavy (non-hydrogen) atoms. The van der Waals surface area contributed by atoms with Crippen molar-refractivity contribution in [3.05, 3.63) is 23.7 Å². The first-order chi connectivity index (χ1) is 10.8. The van der Waals surface area contributed by atoms with E-state index in [1.807, 2.05) is 38.6 Å². The van der Waals surface area contributed by atoms with E-state index in [0.29, 0.717) is 5.92 Å². The van der Waals surface area contributed by atoms with Crippen LogP contribution in [0.1, 0.15) is 58.9 Å². The first-order valence-corrected chi connectivity index (χ1v) is 8.52. The lowest BCUT2D eigenvalue weighted by atomic mass is 9.87. The zero-order chi connectivity index (χ0) is 16.7. The van der Waals surface area contributed by atoms with E-state index in [4.69, 9.17) is 9.31 Å². The van der Waals surface area contributed by atoms with Gasteiger partial charge in [-0.1, -0.05) is 12.8 Å². The molecule has 0 radical (unpaired) electrons. The normalized spacial score (nSPS) is 24.6. The highest BCUT2D eigenvalue weighted by molar-refractivity contribution is 6.54. The van der Waals surface area contributed by atoms with Crippen molar-refractivity contribution in [3.8, 4) is 0 Å². The highest BCUT2D eigenvalue weighted by atomic mass is 19.1. The van der Waals surface area contributed by atoms with E-state index < -0.39 is 24.0 Å². The van der Waals surface area contributed by atoms with Gasteiger partial charge in [0.15, 0.2) is 0 Å². The number of hydrogen-bond donors (Lipinski definition) is 0. The van der Waals surface area contributed by atoms with Crippen LogP contribution in [-0.2, 0) is 15.9 Å². The Bertz CT molecular complexity index is 575. The maximum Gasteiger partial charge on any atom is 0.525 e. The summed E-state index contributed by atoms with van der Waals surface area (Å²) in [4.78, 5) is 0. The summed E-state index contributed by atoms with van der Waals surface area (Å²) in [5, 5.41) is 4.34. The number of aromatic nitrogens is 2. The molecule has 6 heteroatoms. The zero-order valence-electron chi connectivity index (χ0n) is 14.5. The largest absolute Gasteiger partial charge is 0.525 e. The van der Waals surface area contributed by atoms with Crippen LogP contribution in [0.5, 0.6) is 0 Å². The Morgan fingerprint density at radius 1 is 1.30 bits per heavy atom. The Kier molecular flexibility index (Phi) is 4.40. The van der Waals surface area contributed by atoms with Gasteiger partial charge < -0.3 is 9.31 Å². The molecule has 1 aliphatic heterocycles. The molecule has 0 N–H and O–H groups in total. The van der Waals surface area contributed by atoms with Crippen molar-refractivity contribution in [2.75, 3.05) is 0 Å². The van der Waals surface area contributed by atoms with Gasteiger partial charge in [-0.25, -0.2) is 4.39 Å². The Hall–Kier alpha value is -1.14. The van der Waals surface area contributed by atoms with Crippen LogP contribution in [0, 0.1) is 5.92 Å². The van der Waals surface area contributed by atoms with E-state index in [1.54, 1.807) is 6.20 Å². The molecule has 1 aliphatic carbocycles. The molecule has 0 unspecified atom stereocenters. The number of hydrogen-bond acceptors (Lipinski definition) is 3. The molecule has 1 aromatic rings. The van der Waals surface area contributed by atoms with Gasteiger partial charge in [-0.15, -0.1) is 0 Å². The van der Waals surface area contributed by atoms with E-state index in [9.17, 15) is 4.39 Å². The molecule has 0 amide bonds. The summed E-state index contributed by atoms with van der Waals surface area (Å²) < 4.78 is 27.8. The van der Waals surface area contributed by atoms with E-state index in [1.165, 1.54) is 31.8 Å². The summed E-state index contributed by atoms with van der Waals surface area (Å²) in [5.41, 5.74) is -0.732. The van der Waals surface area contributed by atoms with Crippen molar-refractivity contribution in [1.29, 1.82) is 0 Å². The maximum atomic E-state index is 14.5. The zero-order valence-corrected chi connectivity index (χ0v) is 14.5. The minimum Gasteiger partial charge on any atom is -0.398 e. The van der Waals surface area contributed by atoms with Crippen LogP contribution in [0.25, 0.3) is 6.08 Å². The van der Waals surface area contributed by atoms with Gasteiger partial charge in [-0.2, -0.15) is 5.10 Å². The van der Waals surface area contributed by atoms with Crippen LogP contribution in [0.4, 0.5) is 4.39 Å². The lowest BCUT2D eigenvalue weighted by Gasteiger charge is -2.32. The van der Waals surface area contributed by atoms with Crippen LogP contribution in [0.15, 0.2) is 18.1 Å². The minimum atomic E-state index is -0.946. The second kappa shape index (κ2) is 6.06. The number of halogens is 1. The second-order valence-electron chi connectivity index (χ2n) is 7.76. The third kappa shape index (κ3) is 3.53. The van der Waals surface area contributed by atoms with E-state index >= 15 is 0 Å². The molecule has 1 saturated heterocycles. The lowest BCUT2D eigenvalue weighted by Crippen LogP contribution is -2.41. The predicted octanol–water partition coefficient (Wildman–Crippen LogP) is 4.02. The van der Waals surface area contributed by atoms with Gasteiger partial charge in [-0.05, 0) is 52.5 Å². The standard InChI is InChI=1S/C17H26BFN2O2/c1-16(2)17(3,4)23-18(22-16)15(19)9-14-10-20-21(12-14)11-13-7-5-6-8-13/h9-10,12-13H,5-8,11H2,1-4H3. The summed E-state index contributed by atoms with van der Waals surface area (Å²) in [7, 11) is -0.946. The Balaban J connectivity index is 1.66. The van der Waals surface area contributed by atoms with E-state index in [-0.39, 0.29) is 0 Å². The van der Waals surface area contributed by atoms with E-state index in [2.05, 4.69) is 5.10 Å². The van der Waals surface area contributed by atoms with Gasteiger partial charge in [0.2, 0.25) is 0 Å².